The summed E-state index contributed by atoms with van der Waals surface area (Å²) < 4.78 is 15.0. The maximum Gasteiger partial charge on any atom is 0.234 e. The van der Waals surface area contributed by atoms with Gasteiger partial charge in [0.2, 0.25) is 5.91 Å². The molecule has 0 bridgehead atoms. The smallest absolute Gasteiger partial charge is 0.234 e. The van der Waals surface area contributed by atoms with Crippen LogP contribution >= 0.6 is 23.4 Å². The van der Waals surface area contributed by atoms with Crippen molar-refractivity contribution in [2.45, 2.75) is 11.7 Å². The summed E-state index contributed by atoms with van der Waals surface area (Å²) in [5, 5.41) is 12.2. The minimum absolute atomic E-state index is 0.105. The van der Waals surface area contributed by atoms with Crippen LogP contribution in [0.25, 0.3) is 11.4 Å². The highest BCUT2D eigenvalue weighted by Gasteiger charge is 2.16. The van der Waals surface area contributed by atoms with Crippen LogP contribution in [0.3, 0.4) is 0 Å². The highest BCUT2D eigenvalue weighted by atomic mass is 35.5. The Morgan fingerprint density at radius 2 is 2.07 bits per heavy atom. The predicted octanol–water partition coefficient (Wildman–Crippen LogP) is 4.65. The number of halogens is 2. The Morgan fingerprint density at radius 1 is 1.26 bits per heavy atom. The van der Waals surface area contributed by atoms with Gasteiger partial charge in [-0.2, -0.15) is 0 Å². The number of anilines is 1. The maximum absolute atomic E-state index is 13.2. The first-order valence-electron chi connectivity index (χ1n) is 8.05. The second kappa shape index (κ2) is 8.83. The summed E-state index contributed by atoms with van der Waals surface area (Å²) in [4.78, 5) is 12.1. The molecule has 0 aliphatic carbocycles. The van der Waals surface area contributed by atoms with E-state index in [1.54, 1.807) is 18.2 Å². The quantitative estimate of drug-likeness (QED) is 0.461. The Balaban J connectivity index is 1.74. The monoisotopic (exact) mass is 402 g/mol. The van der Waals surface area contributed by atoms with E-state index in [9.17, 15) is 9.18 Å². The van der Waals surface area contributed by atoms with Gasteiger partial charge in [-0.25, -0.2) is 4.39 Å². The molecule has 0 spiro atoms. The summed E-state index contributed by atoms with van der Waals surface area (Å²) in [5.41, 5.74) is 1.16. The first-order valence-corrected chi connectivity index (χ1v) is 9.42. The van der Waals surface area contributed by atoms with Gasteiger partial charge in [-0.15, -0.1) is 16.8 Å². The van der Waals surface area contributed by atoms with Gasteiger partial charge >= 0.3 is 0 Å². The first-order chi connectivity index (χ1) is 13.1. The Kier molecular flexibility index (Phi) is 6.26. The van der Waals surface area contributed by atoms with Gasteiger partial charge in [-0.05, 0) is 30.3 Å². The number of rotatable bonds is 7. The zero-order chi connectivity index (χ0) is 19.2. The van der Waals surface area contributed by atoms with Gasteiger partial charge < -0.3 is 5.32 Å². The van der Waals surface area contributed by atoms with Crippen LogP contribution in [-0.4, -0.2) is 26.4 Å². The van der Waals surface area contributed by atoms with E-state index in [0.29, 0.717) is 28.2 Å². The summed E-state index contributed by atoms with van der Waals surface area (Å²) in [6.45, 7) is 4.23. The summed E-state index contributed by atoms with van der Waals surface area (Å²) in [5.74, 6) is 0.0380. The van der Waals surface area contributed by atoms with Crippen LogP contribution < -0.4 is 5.32 Å². The third-order valence-corrected chi connectivity index (χ3v) is 4.88. The van der Waals surface area contributed by atoms with E-state index >= 15 is 0 Å². The van der Waals surface area contributed by atoms with Gasteiger partial charge in [0.1, 0.15) is 5.82 Å². The van der Waals surface area contributed by atoms with E-state index in [4.69, 9.17) is 11.6 Å². The van der Waals surface area contributed by atoms with Crippen molar-refractivity contribution in [3.8, 4) is 11.4 Å². The number of carbonyl (C=O) groups is 1. The molecule has 3 aromatic rings. The van der Waals surface area contributed by atoms with Crippen molar-refractivity contribution in [3.05, 3.63) is 72.0 Å². The van der Waals surface area contributed by atoms with E-state index in [1.165, 1.54) is 30.0 Å². The molecule has 3 rings (SSSR count). The molecular formula is C19H16ClFN4OS. The molecule has 5 nitrogen and oxygen atoms in total. The summed E-state index contributed by atoms with van der Waals surface area (Å²) in [6, 6.07) is 13.1. The number of nitrogens with zero attached hydrogens (tertiary/aromatic N) is 3. The standard InChI is InChI=1S/C19H16ClFN4OS/c1-2-10-25-18(15-8-3-4-9-16(15)20)23-24-19(25)27-12-17(26)22-14-7-5-6-13(21)11-14/h2-9,11H,1,10,12H2,(H,22,26). The third kappa shape index (κ3) is 4.75. The van der Waals surface area contributed by atoms with Gasteiger partial charge in [0.15, 0.2) is 11.0 Å². The molecule has 0 fully saturated rings. The van der Waals surface area contributed by atoms with E-state index in [-0.39, 0.29) is 11.7 Å². The van der Waals surface area contributed by atoms with Crippen LogP contribution in [-0.2, 0) is 11.3 Å². The number of aromatic nitrogens is 3. The van der Waals surface area contributed by atoms with E-state index < -0.39 is 5.82 Å². The number of allylic oxidation sites excluding steroid dienone is 1. The van der Waals surface area contributed by atoms with Crippen molar-refractivity contribution in [2.75, 3.05) is 11.1 Å². The number of amides is 1. The fraction of sp³-hybridized carbons (Fsp3) is 0.105. The van der Waals surface area contributed by atoms with Crippen molar-refractivity contribution in [3.63, 3.8) is 0 Å². The molecule has 0 saturated heterocycles. The van der Waals surface area contributed by atoms with Crippen molar-refractivity contribution >= 4 is 35.0 Å². The van der Waals surface area contributed by atoms with Crippen molar-refractivity contribution in [2.24, 2.45) is 0 Å². The van der Waals surface area contributed by atoms with Crippen LogP contribution in [0.4, 0.5) is 10.1 Å². The molecule has 0 radical (unpaired) electrons. The maximum atomic E-state index is 13.2. The van der Waals surface area contributed by atoms with Crippen LogP contribution in [0.2, 0.25) is 5.02 Å². The Hall–Kier alpha value is -2.64. The summed E-state index contributed by atoms with van der Waals surface area (Å²) in [6.07, 6.45) is 1.72. The van der Waals surface area contributed by atoms with E-state index in [0.717, 1.165) is 5.56 Å². The molecule has 8 heteroatoms. The summed E-state index contributed by atoms with van der Waals surface area (Å²) >= 11 is 7.49. The van der Waals surface area contributed by atoms with Crippen molar-refractivity contribution < 1.29 is 9.18 Å². The zero-order valence-electron chi connectivity index (χ0n) is 14.2. The number of thioether (sulfide) groups is 1. The van der Waals surface area contributed by atoms with Crippen LogP contribution in [0.5, 0.6) is 0 Å². The zero-order valence-corrected chi connectivity index (χ0v) is 15.8. The second-order valence-electron chi connectivity index (χ2n) is 5.53. The molecule has 0 aliphatic rings. The van der Waals surface area contributed by atoms with Crippen LogP contribution in [0.1, 0.15) is 0 Å². The average molecular weight is 403 g/mol. The molecule has 1 amide bonds. The fourth-order valence-corrected chi connectivity index (χ4v) is 3.39. The van der Waals surface area contributed by atoms with Crippen LogP contribution in [0.15, 0.2) is 66.3 Å². The molecule has 138 valence electrons. The number of benzene rings is 2. The molecular weight excluding hydrogens is 387 g/mol. The average Bonchev–Trinajstić information content (AvgIpc) is 3.03. The van der Waals surface area contributed by atoms with E-state index in [2.05, 4.69) is 22.1 Å². The lowest BCUT2D eigenvalue weighted by Crippen LogP contribution is -2.14. The summed E-state index contributed by atoms with van der Waals surface area (Å²) in [7, 11) is 0. The minimum Gasteiger partial charge on any atom is -0.325 e. The van der Waals surface area contributed by atoms with Gasteiger partial charge in [0, 0.05) is 17.8 Å². The lowest BCUT2D eigenvalue weighted by atomic mass is 10.2. The number of hydrogen-bond donors (Lipinski definition) is 1. The molecule has 0 atom stereocenters. The minimum atomic E-state index is -0.407. The second-order valence-corrected chi connectivity index (χ2v) is 6.88. The number of hydrogen-bond acceptors (Lipinski definition) is 4. The topological polar surface area (TPSA) is 59.8 Å². The lowest BCUT2D eigenvalue weighted by molar-refractivity contribution is -0.113. The molecule has 1 heterocycles. The lowest BCUT2D eigenvalue weighted by Gasteiger charge is -2.09. The molecule has 27 heavy (non-hydrogen) atoms. The first kappa shape index (κ1) is 19.1. The molecule has 1 aromatic heterocycles. The molecule has 0 saturated carbocycles. The van der Waals surface area contributed by atoms with Crippen LogP contribution in [0, 0.1) is 5.82 Å². The SMILES string of the molecule is C=CCn1c(SCC(=O)Nc2cccc(F)c2)nnc1-c1ccccc1Cl. The van der Waals surface area contributed by atoms with Gasteiger partial charge in [0.25, 0.3) is 0 Å². The highest BCUT2D eigenvalue weighted by molar-refractivity contribution is 7.99. The number of nitrogens with one attached hydrogen (secondary N) is 1. The Morgan fingerprint density at radius 3 is 2.81 bits per heavy atom. The van der Waals surface area contributed by atoms with Crippen molar-refractivity contribution in [1.29, 1.82) is 0 Å². The Bertz CT molecular complexity index is 976. The van der Waals surface area contributed by atoms with Gasteiger partial charge in [-0.3, -0.25) is 9.36 Å². The normalized spacial score (nSPS) is 10.6. The molecule has 0 aliphatic heterocycles. The molecule has 2 aromatic carbocycles. The molecule has 0 unspecified atom stereocenters. The van der Waals surface area contributed by atoms with Gasteiger partial charge in [-0.1, -0.05) is 47.6 Å². The van der Waals surface area contributed by atoms with Gasteiger partial charge in [0.05, 0.1) is 10.8 Å². The van der Waals surface area contributed by atoms with E-state index in [1.807, 2.05) is 22.8 Å². The Labute approximate surface area is 165 Å². The molecule has 1 N–H and O–H groups in total. The highest BCUT2D eigenvalue weighted by Crippen LogP contribution is 2.29. The largest absolute Gasteiger partial charge is 0.325 e. The predicted molar refractivity (Wildman–Crippen MR) is 106 cm³/mol. The third-order valence-electron chi connectivity index (χ3n) is 3.58. The fourth-order valence-electron chi connectivity index (χ4n) is 2.42. The number of carbonyl (C=O) groups excluding carboxylic acids is 1. The van der Waals surface area contributed by atoms with Crippen molar-refractivity contribution in [1.82, 2.24) is 14.8 Å².